The van der Waals surface area contributed by atoms with Gasteiger partial charge in [-0.15, -0.1) is 0 Å². The quantitative estimate of drug-likeness (QED) is 0.281. The Morgan fingerprint density at radius 2 is 1.63 bits per heavy atom. The SMILES string of the molecule is CCCNC(=O)C(Cc1ccccc1)N(Cc1cccc(OC)c1)C(=O)CCCN(c1ccc(C)cc1)S(C)(=O)=O. The van der Waals surface area contributed by atoms with Crippen molar-refractivity contribution >= 4 is 27.5 Å². The molecular formula is C32H41N3O5S. The van der Waals surface area contributed by atoms with Gasteiger partial charge in [0, 0.05) is 32.5 Å². The highest BCUT2D eigenvalue weighted by Gasteiger charge is 2.30. The number of hydrogen-bond donors (Lipinski definition) is 1. The van der Waals surface area contributed by atoms with E-state index in [1.165, 1.54) is 4.31 Å². The van der Waals surface area contributed by atoms with Crippen LogP contribution in [0, 0.1) is 6.92 Å². The number of carbonyl (C=O) groups is 2. The van der Waals surface area contributed by atoms with Crippen molar-refractivity contribution in [3.8, 4) is 5.75 Å². The number of methoxy groups -OCH3 is 1. The van der Waals surface area contributed by atoms with Crippen molar-refractivity contribution in [1.29, 1.82) is 0 Å². The molecule has 1 N–H and O–H groups in total. The molecule has 3 aromatic carbocycles. The third-order valence-corrected chi connectivity index (χ3v) is 7.98. The molecule has 0 aliphatic heterocycles. The molecule has 0 saturated heterocycles. The minimum Gasteiger partial charge on any atom is -0.497 e. The van der Waals surface area contributed by atoms with Gasteiger partial charge in [0.05, 0.1) is 19.1 Å². The number of amides is 2. The summed E-state index contributed by atoms with van der Waals surface area (Å²) in [6.07, 6.45) is 2.66. The molecule has 1 atom stereocenters. The third kappa shape index (κ3) is 9.63. The van der Waals surface area contributed by atoms with Gasteiger partial charge in [-0.2, -0.15) is 0 Å². The first kappa shape index (κ1) is 31.7. The molecule has 0 aliphatic rings. The van der Waals surface area contributed by atoms with Crippen LogP contribution >= 0.6 is 0 Å². The van der Waals surface area contributed by atoms with Gasteiger partial charge >= 0.3 is 0 Å². The van der Waals surface area contributed by atoms with Crippen molar-refractivity contribution in [3.05, 3.63) is 95.6 Å². The average Bonchev–Trinajstić information content (AvgIpc) is 2.96. The van der Waals surface area contributed by atoms with Crippen LogP contribution in [0.2, 0.25) is 0 Å². The van der Waals surface area contributed by atoms with Crippen LogP contribution in [-0.2, 0) is 32.6 Å². The van der Waals surface area contributed by atoms with Gasteiger partial charge in [0.25, 0.3) is 0 Å². The molecule has 1 unspecified atom stereocenters. The minimum atomic E-state index is -3.56. The van der Waals surface area contributed by atoms with E-state index >= 15 is 0 Å². The summed E-state index contributed by atoms with van der Waals surface area (Å²) < 4.78 is 31.9. The first-order chi connectivity index (χ1) is 19.6. The average molecular weight is 580 g/mol. The Balaban J connectivity index is 1.88. The number of rotatable bonds is 15. The number of aryl methyl sites for hydroxylation is 1. The van der Waals surface area contributed by atoms with Gasteiger partial charge in [0.15, 0.2) is 0 Å². The highest BCUT2D eigenvalue weighted by molar-refractivity contribution is 7.92. The Kier molecular flexibility index (Phi) is 11.8. The molecule has 9 heteroatoms. The largest absolute Gasteiger partial charge is 0.497 e. The Bertz CT molecular complexity index is 1380. The summed E-state index contributed by atoms with van der Waals surface area (Å²) in [5.41, 5.74) is 3.35. The maximum absolute atomic E-state index is 13.9. The zero-order valence-corrected chi connectivity index (χ0v) is 25.2. The second-order valence-electron chi connectivity index (χ2n) is 10.1. The topological polar surface area (TPSA) is 96.0 Å². The van der Waals surface area contributed by atoms with Crippen LogP contribution in [0.25, 0.3) is 0 Å². The third-order valence-electron chi connectivity index (χ3n) is 6.78. The molecule has 0 spiro atoms. The molecule has 8 nitrogen and oxygen atoms in total. The van der Waals surface area contributed by atoms with Crippen LogP contribution in [0.15, 0.2) is 78.9 Å². The fourth-order valence-electron chi connectivity index (χ4n) is 4.60. The van der Waals surface area contributed by atoms with Crippen LogP contribution in [0.4, 0.5) is 5.69 Å². The second-order valence-corrected chi connectivity index (χ2v) is 12.1. The molecule has 0 radical (unpaired) electrons. The fraction of sp³-hybridized carbons (Fsp3) is 0.375. The van der Waals surface area contributed by atoms with E-state index in [1.54, 1.807) is 24.1 Å². The molecule has 3 rings (SSSR count). The zero-order valence-electron chi connectivity index (χ0n) is 24.4. The highest BCUT2D eigenvalue weighted by Crippen LogP contribution is 2.22. The molecule has 0 aliphatic carbocycles. The molecule has 3 aromatic rings. The van der Waals surface area contributed by atoms with E-state index in [9.17, 15) is 18.0 Å². The van der Waals surface area contributed by atoms with Gasteiger partial charge in [-0.05, 0) is 55.2 Å². The van der Waals surface area contributed by atoms with Gasteiger partial charge in [0.1, 0.15) is 11.8 Å². The zero-order chi connectivity index (χ0) is 29.8. The number of sulfonamides is 1. The lowest BCUT2D eigenvalue weighted by Gasteiger charge is -2.32. The normalized spacial score (nSPS) is 11.9. The molecule has 0 heterocycles. The first-order valence-electron chi connectivity index (χ1n) is 13.9. The standard InChI is InChI=1S/C32H41N3O5S/c1-5-20-33-32(37)30(23-26-11-7-6-8-12-26)34(24-27-13-9-14-29(22-27)40-3)31(36)15-10-21-35(41(4,38)39)28-18-16-25(2)17-19-28/h6-9,11-14,16-19,22,30H,5,10,15,20-21,23-24H2,1-4H3,(H,33,37). The summed E-state index contributed by atoms with van der Waals surface area (Å²) in [5, 5.41) is 2.97. The van der Waals surface area contributed by atoms with Gasteiger partial charge in [-0.3, -0.25) is 13.9 Å². The van der Waals surface area contributed by atoms with Crippen molar-refractivity contribution in [2.75, 3.05) is 30.8 Å². The van der Waals surface area contributed by atoms with Crippen molar-refractivity contribution in [2.45, 2.75) is 52.1 Å². The Morgan fingerprint density at radius 3 is 2.27 bits per heavy atom. The van der Waals surface area contributed by atoms with Gasteiger partial charge in [-0.1, -0.05) is 67.1 Å². The lowest BCUT2D eigenvalue weighted by molar-refractivity contribution is -0.141. The molecule has 220 valence electrons. The second kappa shape index (κ2) is 15.2. The number of nitrogens with one attached hydrogen (secondary N) is 1. The van der Waals surface area contributed by atoms with Crippen molar-refractivity contribution in [2.24, 2.45) is 0 Å². The first-order valence-corrected chi connectivity index (χ1v) is 15.8. The van der Waals surface area contributed by atoms with Crippen molar-refractivity contribution in [1.82, 2.24) is 10.2 Å². The summed E-state index contributed by atoms with van der Waals surface area (Å²) in [7, 11) is -1.97. The van der Waals surface area contributed by atoms with Crippen molar-refractivity contribution < 1.29 is 22.7 Å². The number of hydrogen-bond acceptors (Lipinski definition) is 5. The summed E-state index contributed by atoms with van der Waals surface area (Å²) in [6.45, 7) is 4.78. The van der Waals surface area contributed by atoms with Gasteiger partial charge in [0.2, 0.25) is 21.8 Å². The fourth-order valence-corrected chi connectivity index (χ4v) is 5.57. The predicted molar refractivity (Wildman–Crippen MR) is 163 cm³/mol. The summed E-state index contributed by atoms with van der Waals surface area (Å²) in [6, 6.07) is 23.6. The van der Waals surface area contributed by atoms with Gasteiger partial charge in [-0.25, -0.2) is 8.42 Å². The number of carbonyl (C=O) groups excluding carboxylic acids is 2. The Labute approximate surface area is 244 Å². The highest BCUT2D eigenvalue weighted by atomic mass is 32.2. The molecule has 41 heavy (non-hydrogen) atoms. The number of benzene rings is 3. The monoisotopic (exact) mass is 579 g/mol. The van der Waals surface area contributed by atoms with Gasteiger partial charge < -0.3 is 15.0 Å². The smallest absolute Gasteiger partial charge is 0.243 e. The Hall–Kier alpha value is -3.85. The van der Waals surface area contributed by atoms with E-state index in [1.807, 2.05) is 80.6 Å². The predicted octanol–water partition coefficient (Wildman–Crippen LogP) is 4.72. The van der Waals surface area contributed by atoms with E-state index in [-0.39, 0.29) is 31.3 Å². The lowest BCUT2D eigenvalue weighted by Crippen LogP contribution is -2.50. The summed E-state index contributed by atoms with van der Waals surface area (Å²) >= 11 is 0. The van der Waals surface area contributed by atoms with E-state index in [4.69, 9.17) is 4.74 Å². The van der Waals surface area contributed by atoms with E-state index in [2.05, 4.69) is 5.32 Å². The summed E-state index contributed by atoms with van der Waals surface area (Å²) in [5.74, 6) is 0.217. The number of ether oxygens (including phenoxy) is 1. The molecule has 0 bridgehead atoms. The maximum Gasteiger partial charge on any atom is 0.243 e. The van der Waals surface area contributed by atoms with E-state index in [0.29, 0.717) is 30.8 Å². The Morgan fingerprint density at radius 1 is 0.951 bits per heavy atom. The number of anilines is 1. The lowest BCUT2D eigenvalue weighted by atomic mass is 10.0. The maximum atomic E-state index is 13.9. The molecule has 2 amide bonds. The minimum absolute atomic E-state index is 0.0776. The van der Waals surface area contributed by atoms with Crippen molar-refractivity contribution in [3.63, 3.8) is 0 Å². The van der Waals surface area contributed by atoms with Crippen LogP contribution < -0.4 is 14.4 Å². The molecule has 0 fully saturated rings. The molecular weight excluding hydrogens is 538 g/mol. The van der Waals surface area contributed by atoms with E-state index in [0.717, 1.165) is 29.4 Å². The van der Waals surface area contributed by atoms with Crippen LogP contribution in [0.3, 0.4) is 0 Å². The van der Waals surface area contributed by atoms with Crippen LogP contribution in [0.5, 0.6) is 5.75 Å². The molecule has 0 saturated carbocycles. The van der Waals surface area contributed by atoms with E-state index < -0.39 is 16.1 Å². The summed E-state index contributed by atoms with van der Waals surface area (Å²) in [4.78, 5) is 29.0. The van der Waals surface area contributed by atoms with Crippen LogP contribution in [0.1, 0.15) is 42.9 Å². The number of nitrogens with zero attached hydrogens (tertiary/aromatic N) is 2. The molecule has 0 aromatic heterocycles. The van der Waals surface area contributed by atoms with Crippen LogP contribution in [-0.4, -0.2) is 57.6 Å².